The Morgan fingerprint density at radius 3 is 1.85 bits per heavy atom. The van der Waals surface area contributed by atoms with Gasteiger partial charge in [-0.25, -0.2) is 30.0 Å². The minimum atomic E-state index is -3.96. The van der Waals surface area contributed by atoms with Gasteiger partial charge in [0.05, 0.1) is 9.79 Å². The molecule has 1 heterocycles. The molecular weight excluding hydrogens is 1270 g/mol. The number of benzene rings is 7. The number of aryl methyl sites for hydroxylation is 1. The van der Waals surface area contributed by atoms with E-state index in [1.165, 1.54) is 79.5 Å². The number of sulfonamides is 2. The predicted molar refractivity (Wildman–Crippen MR) is 397 cm³/mol. The van der Waals surface area contributed by atoms with Crippen molar-refractivity contribution in [2.75, 3.05) is 80.9 Å². The molecule has 4 N–H and O–H groups in total. The average molecular weight is 1360 g/mol. The third kappa shape index (κ3) is 16.0. The highest BCUT2D eigenvalue weighted by Crippen LogP contribution is 2.45. The number of nitrogens with one attached hydrogen (secondary N) is 1. The lowest BCUT2D eigenvalue weighted by molar-refractivity contribution is -0.462. The van der Waals surface area contributed by atoms with Gasteiger partial charge in [0.1, 0.15) is 27.9 Å². The van der Waals surface area contributed by atoms with Crippen LogP contribution in [0.2, 0.25) is 13.1 Å². The van der Waals surface area contributed by atoms with Crippen LogP contribution in [-0.4, -0.2) is 171 Å². The first-order valence-corrected chi connectivity index (χ1v) is 38.5. The third-order valence-electron chi connectivity index (χ3n) is 18.7. The van der Waals surface area contributed by atoms with Gasteiger partial charge in [-0.2, -0.15) is 0 Å². The molecule has 22 heteroatoms. The zero-order valence-electron chi connectivity index (χ0n) is 58.2. The van der Waals surface area contributed by atoms with Crippen molar-refractivity contribution in [2.24, 2.45) is 0 Å². The first kappa shape index (κ1) is 73.4. The molecule has 97 heavy (non-hydrogen) atoms. The van der Waals surface area contributed by atoms with Crippen molar-refractivity contribution < 1.29 is 50.7 Å². The number of rotatable bonds is 29. The largest absolute Gasteiger partial charge is 0.569 e. The Morgan fingerprint density at radius 2 is 1.25 bits per heavy atom. The number of carbonyl (C=O) groups excluding carboxylic acids is 2. The van der Waals surface area contributed by atoms with Crippen molar-refractivity contribution >= 4 is 104 Å². The monoisotopic (exact) mass is 1360 g/mol. The van der Waals surface area contributed by atoms with Crippen molar-refractivity contribution in [1.29, 1.82) is 0 Å². The van der Waals surface area contributed by atoms with Gasteiger partial charge in [0.15, 0.2) is 11.5 Å². The Hall–Kier alpha value is -7.86. The second-order valence-electron chi connectivity index (χ2n) is 26.8. The van der Waals surface area contributed by atoms with Crippen LogP contribution < -0.4 is 25.5 Å². The Bertz CT molecular complexity index is 4630. The van der Waals surface area contributed by atoms with Gasteiger partial charge in [-0.15, -0.1) is 0 Å². The van der Waals surface area contributed by atoms with E-state index >= 15 is 0 Å². The molecule has 1 radical (unpaired) electrons. The number of hydrogen-bond donors (Lipinski definition) is 4. The maximum Gasteiger partial charge on any atom is 0.569 e. The van der Waals surface area contributed by atoms with E-state index < -0.39 is 35.2 Å². The van der Waals surface area contributed by atoms with Gasteiger partial charge < -0.3 is 29.9 Å². The van der Waals surface area contributed by atoms with Crippen molar-refractivity contribution in [3.05, 3.63) is 208 Å². The van der Waals surface area contributed by atoms with E-state index in [0.717, 1.165) is 74.9 Å². The summed E-state index contributed by atoms with van der Waals surface area (Å²) < 4.78 is 65.2. The zero-order chi connectivity index (χ0) is 70.6. The van der Waals surface area contributed by atoms with Crippen LogP contribution in [0.5, 0.6) is 5.75 Å². The van der Waals surface area contributed by atoms with Crippen LogP contribution in [0.3, 0.4) is 0 Å². The molecule has 1 aliphatic heterocycles. The Morgan fingerprint density at radius 1 is 0.660 bits per heavy atom. The molecule has 17 nitrogen and oxygen atoms in total. The van der Waals surface area contributed by atoms with Gasteiger partial charge in [0.25, 0.3) is 0 Å². The number of fused-ring (bicyclic) bond motifs is 4. The van der Waals surface area contributed by atoms with Gasteiger partial charge in [-0.1, -0.05) is 86.9 Å². The summed E-state index contributed by atoms with van der Waals surface area (Å²) >= 11 is 0. The number of carbonyl (C=O) groups is 2. The van der Waals surface area contributed by atoms with E-state index in [4.69, 9.17) is 4.65 Å². The van der Waals surface area contributed by atoms with Crippen LogP contribution >= 0.6 is 0 Å². The summed E-state index contributed by atoms with van der Waals surface area (Å²) in [6.45, 7) is 20.1. The van der Waals surface area contributed by atoms with Gasteiger partial charge in [-0.3, -0.25) is 19.4 Å². The fraction of sp³-hybridized carbons (Fsp3) is 0.320. The molecular formula is C75H91B2N7O10S2Si+. The summed E-state index contributed by atoms with van der Waals surface area (Å²) in [7, 11) is 2.64. The van der Waals surface area contributed by atoms with Gasteiger partial charge >= 0.3 is 14.8 Å². The van der Waals surface area contributed by atoms with Gasteiger partial charge in [0.2, 0.25) is 26.0 Å². The maximum absolute atomic E-state index is 13.8. The third-order valence-corrected chi connectivity index (χ3v) is 25.8. The minimum Gasteiger partial charge on any atom is -0.537 e. The number of hydrogen-bond acceptors (Lipinski definition) is 13. The summed E-state index contributed by atoms with van der Waals surface area (Å²) in [5.41, 5.74) is 13.8. The molecule has 7 aromatic carbocycles. The van der Waals surface area contributed by atoms with Crippen molar-refractivity contribution in [2.45, 2.75) is 95.5 Å². The number of allylic oxidation sites excluding steroid dienone is 6. The molecule has 0 unspecified atom stereocenters. The standard InChI is InChI=1S/C75H90B2N7O10S2Si/c1-49(2)70(85)23-18-19-37-83(46-55-40-59(96(92,93)82(12)13)30-35-71(55)94-76-87)48-68-61-22-17-16-21-60(61)67(47-84(38-20-36-78-75(86)50(3)4)45-54-39-58(95(90,91)81(10)11)29-34-69(54)77(88)89)62-31-26-53(42-66(62)68)52-25-24-51(5)65(41-52)74-63-32-27-56(79(6)7)43-72(63)97(14,15)73-44-57(80(8)9)28-33-64(73)74/h16-17,21-22,24-35,39-44,87-89H,1,3,18-20,23,36-38,45-48H2,2,4-15H3/p+1. The molecule has 507 valence electrons. The van der Waals surface area contributed by atoms with Crippen molar-refractivity contribution in [1.82, 2.24) is 23.7 Å². The molecule has 2 aliphatic rings. The minimum absolute atomic E-state index is 0.0123. The van der Waals surface area contributed by atoms with E-state index in [2.05, 4.69) is 171 Å². The smallest absolute Gasteiger partial charge is 0.537 e. The average Bonchev–Trinajstić information content (AvgIpc) is 0.726. The highest BCUT2D eigenvalue weighted by atomic mass is 32.2. The summed E-state index contributed by atoms with van der Waals surface area (Å²) in [6.07, 6.45) is 8.80. The number of nitrogens with zero attached hydrogens (tertiary/aromatic N) is 6. The maximum atomic E-state index is 13.8. The molecule has 0 bridgehead atoms. The molecule has 0 aromatic heterocycles. The Kier molecular flexibility index (Phi) is 23.1. The van der Waals surface area contributed by atoms with Crippen LogP contribution in [0.25, 0.3) is 38.2 Å². The zero-order valence-corrected chi connectivity index (χ0v) is 60.9. The number of amides is 1. The van der Waals surface area contributed by atoms with Gasteiger partial charge in [0, 0.05) is 117 Å². The summed E-state index contributed by atoms with van der Waals surface area (Å²) in [6, 6.07) is 37.2. The number of Topliss-reactive ketones (excluding diaryl/α,β-unsaturated/α-hetero) is 1. The van der Waals surface area contributed by atoms with E-state index in [-0.39, 0.29) is 52.3 Å². The quantitative estimate of drug-likeness (QED) is 0.0114. The summed E-state index contributed by atoms with van der Waals surface area (Å²) in [4.78, 5) is 32.4. The fourth-order valence-corrected chi connectivity index (χ4v) is 18.0. The Balaban J connectivity index is 1.29. The lowest BCUT2D eigenvalue weighted by Crippen LogP contribution is -2.49. The molecule has 7 aromatic rings. The molecule has 9 rings (SSSR count). The van der Waals surface area contributed by atoms with Crippen LogP contribution in [0, 0.1) is 6.92 Å². The summed E-state index contributed by atoms with van der Waals surface area (Å²) in [5, 5.41) is 41.2. The first-order chi connectivity index (χ1) is 45.8. The van der Waals surface area contributed by atoms with E-state index in [0.29, 0.717) is 81.8 Å². The number of anilines is 1. The first-order valence-electron chi connectivity index (χ1n) is 32.6. The highest BCUT2D eigenvalue weighted by molar-refractivity contribution is 7.89. The van der Waals surface area contributed by atoms with Crippen molar-refractivity contribution in [3.8, 4) is 16.9 Å². The van der Waals surface area contributed by atoms with Crippen molar-refractivity contribution in [3.63, 3.8) is 0 Å². The van der Waals surface area contributed by atoms with E-state index in [1.807, 2.05) is 12.1 Å². The molecule has 1 amide bonds. The molecule has 0 atom stereocenters. The number of ketones is 1. The molecule has 0 fully saturated rings. The second kappa shape index (κ2) is 30.5. The highest BCUT2D eigenvalue weighted by Gasteiger charge is 2.41. The fourth-order valence-electron chi connectivity index (χ4n) is 13.0. The number of unbranched alkanes of at least 4 members (excludes halogenated alkanes) is 1. The molecule has 0 spiro atoms. The van der Waals surface area contributed by atoms with Crippen LogP contribution in [-0.2, 0) is 55.8 Å². The summed E-state index contributed by atoms with van der Waals surface area (Å²) in [5.74, 6) is -0.0522. The lowest BCUT2D eigenvalue weighted by Gasteiger charge is -2.38. The molecule has 1 aliphatic carbocycles. The van der Waals surface area contributed by atoms with Gasteiger partial charge in [-0.05, 0) is 206 Å². The normalized spacial score (nSPS) is 13.7. The Labute approximate surface area is 575 Å². The SMILES string of the molecule is C=C(C)C(=O)CCCCN(Cc1cc(S(=O)(=O)N(C)C)ccc1O[B]O)Cc1c2ccccc2c(CN(CCCNC(=O)C(=C)C)Cc2cc(S(=O)(=O)N(C)C)ccc2B(O)O)c2ccc(-c3ccc(C)c(C4=C5C=CC(=[N+](C)C)C=C5[Si](C)(C)c5cc(N(C)C)ccc54)c3)cc12. The second-order valence-corrected chi connectivity index (χ2v) is 35.4. The molecule has 0 saturated heterocycles. The van der Waals surface area contributed by atoms with Crippen LogP contribution in [0.4, 0.5) is 5.69 Å². The van der Waals surface area contributed by atoms with Crippen LogP contribution in [0.1, 0.15) is 78.5 Å². The van der Waals surface area contributed by atoms with E-state index in [9.17, 15) is 41.5 Å². The van der Waals surface area contributed by atoms with Crippen LogP contribution in [0.15, 0.2) is 178 Å². The predicted octanol–water partition coefficient (Wildman–Crippen LogP) is 9.00. The van der Waals surface area contributed by atoms with E-state index in [1.54, 1.807) is 26.0 Å². The lowest BCUT2D eigenvalue weighted by atomic mass is 9.77. The topological polar surface area (TPSA) is 204 Å². The molecule has 0 saturated carbocycles.